The highest BCUT2D eigenvalue weighted by Crippen LogP contribution is 2.38. The van der Waals surface area contributed by atoms with E-state index in [-0.39, 0.29) is 6.61 Å². The van der Waals surface area contributed by atoms with E-state index in [4.69, 9.17) is 18.9 Å². The number of imidazole rings is 1. The van der Waals surface area contributed by atoms with Gasteiger partial charge in [-0.3, -0.25) is 9.20 Å². The number of hydrogen-bond donors (Lipinski definition) is 0. The van der Waals surface area contributed by atoms with Crippen molar-refractivity contribution in [3.63, 3.8) is 0 Å². The zero-order valence-corrected chi connectivity index (χ0v) is 17.4. The minimum atomic E-state index is -0.502. The number of ether oxygens (including phenoxy) is 4. The van der Waals surface area contributed by atoms with Crippen molar-refractivity contribution in [3.05, 3.63) is 65.1 Å². The molecular formula is C23H24N2O6. The summed E-state index contributed by atoms with van der Waals surface area (Å²) in [6.07, 6.45) is 2.09. The van der Waals surface area contributed by atoms with Gasteiger partial charge >= 0.3 is 5.97 Å². The summed E-state index contributed by atoms with van der Waals surface area (Å²) in [6, 6.07) is 11.4. The molecule has 3 aromatic rings. The molecule has 1 aliphatic rings. The first-order valence-electron chi connectivity index (χ1n) is 10.1. The number of esters is 1. The molecule has 0 spiro atoms. The number of aldehydes is 1. The first kappa shape index (κ1) is 21.0. The lowest BCUT2D eigenvalue weighted by Gasteiger charge is -2.22. The Balaban J connectivity index is 1.58. The molecule has 2 unspecified atom stereocenters. The molecule has 8 nitrogen and oxygen atoms in total. The summed E-state index contributed by atoms with van der Waals surface area (Å²) in [5.74, 6) is 0.0541. The van der Waals surface area contributed by atoms with Gasteiger partial charge in [-0.1, -0.05) is 24.3 Å². The largest absolute Gasteiger partial charge is 0.478 e. The maximum absolute atomic E-state index is 12.3. The van der Waals surface area contributed by atoms with E-state index in [0.717, 1.165) is 17.4 Å². The molecule has 1 aliphatic carbocycles. The van der Waals surface area contributed by atoms with Gasteiger partial charge in [-0.25, -0.2) is 9.78 Å². The van der Waals surface area contributed by atoms with Gasteiger partial charge in [0.05, 0.1) is 18.9 Å². The highest BCUT2D eigenvalue weighted by molar-refractivity contribution is 5.77. The third kappa shape index (κ3) is 4.30. The smallest absolute Gasteiger partial charge is 0.332 e. The van der Waals surface area contributed by atoms with Crippen LogP contribution in [0.25, 0.3) is 5.65 Å². The van der Waals surface area contributed by atoms with Crippen molar-refractivity contribution in [2.75, 3.05) is 26.9 Å². The monoisotopic (exact) mass is 424 g/mol. The number of aryl methyl sites for hydroxylation is 1. The topological polar surface area (TPSA) is 88.4 Å². The molecule has 0 saturated heterocycles. The molecule has 0 saturated carbocycles. The molecule has 4 rings (SSSR count). The van der Waals surface area contributed by atoms with Crippen molar-refractivity contribution in [3.8, 4) is 5.75 Å². The van der Waals surface area contributed by atoms with Crippen LogP contribution in [0.15, 0.2) is 42.6 Å². The summed E-state index contributed by atoms with van der Waals surface area (Å²) in [7, 11) is 1.57. The lowest BCUT2D eigenvalue weighted by atomic mass is 10.1. The zero-order valence-electron chi connectivity index (χ0n) is 17.4. The lowest BCUT2D eigenvalue weighted by molar-refractivity contribution is -0.158. The average Bonchev–Trinajstić information content (AvgIpc) is 3.28. The predicted octanol–water partition coefficient (Wildman–Crippen LogP) is 2.71. The Morgan fingerprint density at radius 2 is 2.06 bits per heavy atom. The van der Waals surface area contributed by atoms with Crippen LogP contribution in [-0.4, -0.2) is 54.7 Å². The van der Waals surface area contributed by atoms with Crippen LogP contribution in [0.2, 0.25) is 0 Å². The first-order chi connectivity index (χ1) is 15.1. The fourth-order valence-electron chi connectivity index (χ4n) is 3.81. The minimum Gasteiger partial charge on any atom is -0.478 e. The summed E-state index contributed by atoms with van der Waals surface area (Å²) in [6.45, 7) is 2.35. The number of fused-ring (bicyclic) bond motifs is 2. The normalized spacial score (nSPS) is 17.5. The van der Waals surface area contributed by atoms with E-state index in [2.05, 4.69) is 4.98 Å². The van der Waals surface area contributed by atoms with E-state index in [0.29, 0.717) is 42.4 Å². The number of pyridine rings is 1. The van der Waals surface area contributed by atoms with Gasteiger partial charge < -0.3 is 18.9 Å². The van der Waals surface area contributed by atoms with Crippen molar-refractivity contribution in [2.45, 2.75) is 25.6 Å². The first-order valence-corrected chi connectivity index (χ1v) is 10.1. The van der Waals surface area contributed by atoms with Crippen LogP contribution in [0.4, 0.5) is 0 Å². The predicted molar refractivity (Wildman–Crippen MR) is 111 cm³/mol. The molecule has 0 amide bonds. The van der Waals surface area contributed by atoms with E-state index >= 15 is 0 Å². The van der Waals surface area contributed by atoms with Gasteiger partial charge in [0.15, 0.2) is 23.8 Å². The van der Waals surface area contributed by atoms with E-state index in [1.807, 2.05) is 24.3 Å². The van der Waals surface area contributed by atoms with E-state index in [1.54, 1.807) is 36.8 Å². The average molecular weight is 424 g/mol. The molecule has 0 N–H and O–H groups in total. The SMILES string of the molecule is COCCOCC(=O)OC1Cc2ccccc2C1Oc1cccn2c(C=O)c(C)nc12. The number of carbonyl (C=O) groups excluding carboxylic acids is 2. The fraction of sp³-hybridized carbons (Fsp3) is 0.348. The van der Waals surface area contributed by atoms with Gasteiger partial charge in [0.25, 0.3) is 0 Å². The molecule has 0 bridgehead atoms. The number of benzene rings is 1. The van der Waals surface area contributed by atoms with Crippen LogP contribution < -0.4 is 4.74 Å². The maximum Gasteiger partial charge on any atom is 0.332 e. The van der Waals surface area contributed by atoms with Crippen molar-refractivity contribution < 1.29 is 28.5 Å². The van der Waals surface area contributed by atoms with Crippen molar-refractivity contribution in [1.82, 2.24) is 9.38 Å². The molecule has 162 valence electrons. The standard InChI is InChI=1S/C23H24N2O6/c1-15-18(13-26)25-9-5-8-19(23(25)24-15)31-22-17-7-4-3-6-16(17)12-20(22)30-21(27)14-29-11-10-28-2/h3-9,13,20,22H,10-12,14H2,1-2H3. The lowest BCUT2D eigenvalue weighted by Crippen LogP contribution is -2.28. The second kappa shape index (κ2) is 9.28. The Bertz CT molecular complexity index is 1090. The Kier molecular flexibility index (Phi) is 6.29. The van der Waals surface area contributed by atoms with Gasteiger partial charge in [0, 0.05) is 19.7 Å². The van der Waals surface area contributed by atoms with Gasteiger partial charge in [0.1, 0.15) is 18.4 Å². The van der Waals surface area contributed by atoms with Crippen LogP contribution in [0, 0.1) is 6.92 Å². The molecule has 1 aromatic carbocycles. The minimum absolute atomic E-state index is 0.152. The molecule has 31 heavy (non-hydrogen) atoms. The molecule has 0 aliphatic heterocycles. The number of rotatable bonds is 9. The number of nitrogens with zero attached hydrogens (tertiary/aromatic N) is 2. The summed E-state index contributed by atoms with van der Waals surface area (Å²) in [5.41, 5.74) is 3.66. The third-order valence-corrected chi connectivity index (χ3v) is 5.26. The molecule has 0 radical (unpaired) electrons. The zero-order chi connectivity index (χ0) is 21.8. The van der Waals surface area contributed by atoms with Gasteiger partial charge in [-0.2, -0.15) is 0 Å². The van der Waals surface area contributed by atoms with Gasteiger partial charge in [0.2, 0.25) is 0 Å². The van der Waals surface area contributed by atoms with E-state index in [1.165, 1.54) is 0 Å². The molecule has 2 aromatic heterocycles. The van der Waals surface area contributed by atoms with Crippen LogP contribution in [0.5, 0.6) is 5.75 Å². The quantitative estimate of drug-likeness (QED) is 0.296. The van der Waals surface area contributed by atoms with E-state index < -0.39 is 18.2 Å². The summed E-state index contributed by atoms with van der Waals surface area (Å²) < 4.78 is 23.9. The van der Waals surface area contributed by atoms with Crippen LogP contribution in [0.1, 0.15) is 33.4 Å². The van der Waals surface area contributed by atoms with Crippen LogP contribution >= 0.6 is 0 Å². The Morgan fingerprint density at radius 3 is 2.87 bits per heavy atom. The highest BCUT2D eigenvalue weighted by atomic mass is 16.6. The number of aromatic nitrogens is 2. The van der Waals surface area contributed by atoms with Crippen LogP contribution in [0.3, 0.4) is 0 Å². The van der Waals surface area contributed by atoms with Crippen molar-refractivity contribution >= 4 is 17.9 Å². The number of methoxy groups -OCH3 is 1. The molecule has 2 atom stereocenters. The van der Waals surface area contributed by atoms with Gasteiger partial charge in [-0.15, -0.1) is 0 Å². The fourth-order valence-corrected chi connectivity index (χ4v) is 3.81. The van der Waals surface area contributed by atoms with E-state index in [9.17, 15) is 9.59 Å². The van der Waals surface area contributed by atoms with Crippen molar-refractivity contribution in [2.24, 2.45) is 0 Å². The molecular weight excluding hydrogens is 400 g/mol. The van der Waals surface area contributed by atoms with Gasteiger partial charge in [-0.05, 0) is 30.2 Å². The molecule has 8 heteroatoms. The Morgan fingerprint density at radius 1 is 1.23 bits per heavy atom. The number of hydrogen-bond acceptors (Lipinski definition) is 7. The highest BCUT2D eigenvalue weighted by Gasteiger charge is 2.37. The Labute approximate surface area is 179 Å². The maximum atomic E-state index is 12.3. The second-order valence-electron chi connectivity index (χ2n) is 7.28. The Hall–Kier alpha value is -3.23. The number of carbonyl (C=O) groups is 2. The second-order valence-corrected chi connectivity index (χ2v) is 7.28. The third-order valence-electron chi connectivity index (χ3n) is 5.26. The molecule has 2 heterocycles. The van der Waals surface area contributed by atoms with Crippen LogP contribution in [-0.2, 0) is 25.4 Å². The summed E-state index contributed by atoms with van der Waals surface area (Å²) in [4.78, 5) is 28.2. The molecule has 0 fully saturated rings. The van der Waals surface area contributed by atoms with Crippen molar-refractivity contribution in [1.29, 1.82) is 0 Å². The summed E-state index contributed by atoms with van der Waals surface area (Å²) >= 11 is 0. The summed E-state index contributed by atoms with van der Waals surface area (Å²) in [5, 5.41) is 0.